The number of aryl methyl sites for hydroxylation is 1. The Labute approximate surface area is 142 Å². The number of nitrogens with zero attached hydrogens (tertiary/aromatic N) is 2. The van der Waals surface area contributed by atoms with E-state index in [1.54, 1.807) is 24.3 Å². The van der Waals surface area contributed by atoms with E-state index in [2.05, 4.69) is 15.2 Å². The molecule has 0 spiro atoms. The van der Waals surface area contributed by atoms with Gasteiger partial charge in [-0.1, -0.05) is 23.2 Å². The Balaban J connectivity index is 1.71. The highest BCUT2D eigenvalue weighted by Crippen LogP contribution is 2.35. The summed E-state index contributed by atoms with van der Waals surface area (Å²) in [5.41, 5.74) is 1.96. The van der Waals surface area contributed by atoms with Gasteiger partial charge in [-0.15, -0.1) is 10.2 Å². The molecule has 0 bridgehead atoms. The standard InChI is InChI=1S/C17H14ClN3O3/c1-10-2-7-14-13(8-10)16(17(23)19-14)21-20-15(22)9-24-12-5-3-11(18)4-6-12/h2-8,19,23H,9H2,1H3. The number of aromatic hydroxyl groups is 1. The van der Waals surface area contributed by atoms with E-state index in [0.29, 0.717) is 16.2 Å². The van der Waals surface area contributed by atoms with Crippen molar-refractivity contribution in [1.82, 2.24) is 4.98 Å². The van der Waals surface area contributed by atoms with Gasteiger partial charge >= 0.3 is 5.91 Å². The normalized spacial score (nSPS) is 11.2. The van der Waals surface area contributed by atoms with Gasteiger partial charge in [-0.05, 0) is 43.3 Å². The van der Waals surface area contributed by atoms with E-state index >= 15 is 0 Å². The molecule has 0 unspecified atom stereocenters. The summed E-state index contributed by atoms with van der Waals surface area (Å²) in [6.45, 7) is 1.67. The van der Waals surface area contributed by atoms with Crippen molar-refractivity contribution in [1.29, 1.82) is 0 Å². The van der Waals surface area contributed by atoms with Crippen LogP contribution in [0.5, 0.6) is 11.6 Å². The Kier molecular flexibility index (Phi) is 4.48. The summed E-state index contributed by atoms with van der Waals surface area (Å²) in [7, 11) is 0. The maximum atomic E-state index is 11.8. The van der Waals surface area contributed by atoms with Crippen LogP contribution in [0.15, 0.2) is 52.7 Å². The first-order chi connectivity index (χ1) is 11.5. The third-order valence-corrected chi connectivity index (χ3v) is 3.60. The molecule has 6 nitrogen and oxygen atoms in total. The molecule has 0 fully saturated rings. The molecule has 1 aromatic heterocycles. The molecule has 3 aromatic rings. The number of aromatic amines is 1. The van der Waals surface area contributed by atoms with Gasteiger partial charge in [0, 0.05) is 10.4 Å². The molecule has 122 valence electrons. The molecular formula is C17H14ClN3O3. The lowest BCUT2D eigenvalue weighted by molar-refractivity contribution is -0.120. The average molecular weight is 344 g/mol. The number of hydrogen-bond donors (Lipinski definition) is 2. The number of rotatable bonds is 4. The molecule has 1 amide bonds. The van der Waals surface area contributed by atoms with Crippen LogP contribution in [0.3, 0.4) is 0 Å². The molecule has 24 heavy (non-hydrogen) atoms. The second kappa shape index (κ2) is 6.72. The van der Waals surface area contributed by atoms with Crippen molar-refractivity contribution >= 4 is 34.1 Å². The Hall–Kier alpha value is -2.86. The molecule has 0 aliphatic carbocycles. The van der Waals surface area contributed by atoms with E-state index in [1.165, 1.54) is 0 Å². The molecule has 3 rings (SSSR count). The third kappa shape index (κ3) is 3.55. The second-order valence-corrected chi connectivity index (χ2v) is 5.64. The molecule has 7 heteroatoms. The van der Waals surface area contributed by atoms with Crippen LogP contribution in [0.25, 0.3) is 10.9 Å². The minimum absolute atomic E-state index is 0.134. The number of carbonyl (C=O) groups is 1. The van der Waals surface area contributed by atoms with Gasteiger partial charge in [0.1, 0.15) is 5.75 Å². The van der Waals surface area contributed by atoms with Gasteiger partial charge in [-0.3, -0.25) is 4.79 Å². The molecule has 2 N–H and O–H groups in total. The second-order valence-electron chi connectivity index (χ2n) is 5.21. The zero-order valence-electron chi connectivity index (χ0n) is 12.8. The quantitative estimate of drug-likeness (QED) is 0.682. The van der Waals surface area contributed by atoms with Gasteiger partial charge in [-0.2, -0.15) is 0 Å². The minimum Gasteiger partial charge on any atom is -0.493 e. The summed E-state index contributed by atoms with van der Waals surface area (Å²) >= 11 is 5.77. The van der Waals surface area contributed by atoms with E-state index in [1.807, 2.05) is 25.1 Å². The third-order valence-electron chi connectivity index (χ3n) is 3.35. The zero-order valence-corrected chi connectivity index (χ0v) is 13.5. The maximum Gasteiger partial charge on any atom is 0.302 e. The average Bonchev–Trinajstić information content (AvgIpc) is 2.87. The minimum atomic E-state index is -0.564. The lowest BCUT2D eigenvalue weighted by atomic mass is 10.2. The molecule has 0 aliphatic rings. The number of carbonyl (C=O) groups excluding carboxylic acids is 1. The van der Waals surface area contributed by atoms with E-state index in [4.69, 9.17) is 16.3 Å². The fraction of sp³-hybridized carbons (Fsp3) is 0.118. The van der Waals surface area contributed by atoms with Crippen molar-refractivity contribution < 1.29 is 14.6 Å². The van der Waals surface area contributed by atoms with E-state index in [-0.39, 0.29) is 18.2 Å². The van der Waals surface area contributed by atoms with Crippen molar-refractivity contribution in [2.45, 2.75) is 6.92 Å². The van der Waals surface area contributed by atoms with Gasteiger partial charge in [0.2, 0.25) is 5.88 Å². The van der Waals surface area contributed by atoms with Crippen LogP contribution < -0.4 is 4.74 Å². The van der Waals surface area contributed by atoms with Gasteiger partial charge in [0.25, 0.3) is 0 Å². The Morgan fingerprint density at radius 2 is 2.00 bits per heavy atom. The first-order valence-electron chi connectivity index (χ1n) is 7.17. The zero-order chi connectivity index (χ0) is 17.1. The van der Waals surface area contributed by atoms with E-state index in [9.17, 15) is 9.90 Å². The number of amides is 1. The maximum absolute atomic E-state index is 11.8. The SMILES string of the molecule is Cc1ccc2[nH]c(O)c(N=NC(=O)COc3ccc(Cl)cc3)c2c1. The van der Waals surface area contributed by atoms with Crippen LogP contribution in [-0.2, 0) is 4.79 Å². The van der Waals surface area contributed by atoms with Crippen LogP contribution in [0.2, 0.25) is 5.02 Å². The highest BCUT2D eigenvalue weighted by Gasteiger charge is 2.11. The lowest BCUT2D eigenvalue weighted by Crippen LogP contribution is -2.07. The Morgan fingerprint density at radius 3 is 2.75 bits per heavy atom. The van der Waals surface area contributed by atoms with Crippen molar-refractivity contribution in [3.05, 3.63) is 53.1 Å². The first kappa shape index (κ1) is 16.0. The highest BCUT2D eigenvalue weighted by molar-refractivity contribution is 6.30. The van der Waals surface area contributed by atoms with Crippen molar-refractivity contribution in [3.63, 3.8) is 0 Å². The number of hydrogen-bond acceptors (Lipinski definition) is 4. The number of fused-ring (bicyclic) bond motifs is 1. The first-order valence-corrected chi connectivity index (χ1v) is 7.55. The summed E-state index contributed by atoms with van der Waals surface area (Å²) < 4.78 is 5.30. The monoisotopic (exact) mass is 343 g/mol. The molecular weight excluding hydrogens is 330 g/mol. The largest absolute Gasteiger partial charge is 0.493 e. The summed E-state index contributed by atoms with van der Waals surface area (Å²) in [6, 6.07) is 12.2. The molecule has 0 saturated heterocycles. The number of H-pyrrole nitrogens is 1. The predicted octanol–water partition coefficient (Wildman–Crippen LogP) is 4.52. The van der Waals surface area contributed by atoms with Crippen LogP contribution >= 0.6 is 11.6 Å². The number of ether oxygens (including phenoxy) is 1. The summed E-state index contributed by atoms with van der Waals surface area (Å²) in [6.07, 6.45) is 0. The van der Waals surface area contributed by atoms with Crippen LogP contribution in [0, 0.1) is 6.92 Å². The van der Waals surface area contributed by atoms with E-state index < -0.39 is 5.91 Å². The lowest BCUT2D eigenvalue weighted by Gasteiger charge is -2.02. The van der Waals surface area contributed by atoms with Crippen molar-refractivity contribution in [2.75, 3.05) is 6.61 Å². The molecule has 1 heterocycles. The molecule has 2 aromatic carbocycles. The summed E-state index contributed by atoms with van der Waals surface area (Å²) in [5, 5.41) is 18.6. The number of azo groups is 1. The van der Waals surface area contributed by atoms with Crippen LogP contribution in [-0.4, -0.2) is 22.6 Å². The number of nitrogens with one attached hydrogen (secondary N) is 1. The predicted molar refractivity (Wildman–Crippen MR) is 91.2 cm³/mol. The Morgan fingerprint density at radius 1 is 1.25 bits per heavy atom. The summed E-state index contributed by atoms with van der Waals surface area (Å²) in [4.78, 5) is 14.6. The van der Waals surface area contributed by atoms with Crippen LogP contribution in [0.1, 0.15) is 5.56 Å². The fourth-order valence-corrected chi connectivity index (χ4v) is 2.32. The van der Waals surface area contributed by atoms with Gasteiger partial charge in [0.05, 0.1) is 5.52 Å². The van der Waals surface area contributed by atoms with Gasteiger partial charge in [0.15, 0.2) is 12.3 Å². The molecule has 0 aliphatic heterocycles. The smallest absolute Gasteiger partial charge is 0.302 e. The van der Waals surface area contributed by atoms with Gasteiger partial charge < -0.3 is 14.8 Å². The van der Waals surface area contributed by atoms with Gasteiger partial charge in [-0.25, -0.2) is 0 Å². The number of aromatic nitrogens is 1. The molecule has 0 radical (unpaired) electrons. The van der Waals surface area contributed by atoms with E-state index in [0.717, 1.165) is 11.1 Å². The molecule has 0 atom stereocenters. The Bertz CT molecular complexity index is 917. The topological polar surface area (TPSA) is 87.0 Å². The van der Waals surface area contributed by atoms with Crippen molar-refractivity contribution in [2.24, 2.45) is 10.2 Å². The summed E-state index contributed by atoms with van der Waals surface area (Å²) in [5.74, 6) is -0.189. The van der Waals surface area contributed by atoms with Crippen molar-refractivity contribution in [3.8, 4) is 11.6 Å². The number of halogens is 1. The number of benzene rings is 2. The molecule has 0 saturated carbocycles. The van der Waals surface area contributed by atoms with Crippen LogP contribution in [0.4, 0.5) is 5.69 Å². The fourth-order valence-electron chi connectivity index (χ4n) is 2.19. The highest BCUT2D eigenvalue weighted by atomic mass is 35.5.